The molecule has 128 valence electrons. The maximum Gasteiger partial charge on any atom is 0.163 e. The molecule has 0 fully saturated rings. The summed E-state index contributed by atoms with van der Waals surface area (Å²) in [7, 11) is 1.92. The molecular weight excluding hydrogens is 383 g/mol. The van der Waals surface area contributed by atoms with Gasteiger partial charge in [-0.3, -0.25) is 4.79 Å². The van der Waals surface area contributed by atoms with Gasteiger partial charge in [-0.2, -0.15) is 0 Å². The molecule has 2 aromatic carbocycles. The van der Waals surface area contributed by atoms with E-state index < -0.39 is 5.82 Å². The lowest BCUT2D eigenvalue weighted by Gasteiger charge is -2.05. The van der Waals surface area contributed by atoms with E-state index in [-0.39, 0.29) is 5.78 Å². The Bertz CT molecular complexity index is 976. The van der Waals surface area contributed by atoms with Crippen LogP contribution in [-0.2, 0) is 13.0 Å². The van der Waals surface area contributed by atoms with Crippen LogP contribution in [0, 0.1) is 5.82 Å². The van der Waals surface area contributed by atoms with Gasteiger partial charge in [-0.05, 0) is 58.6 Å². The Morgan fingerprint density at radius 2 is 2.00 bits per heavy atom. The van der Waals surface area contributed by atoms with Gasteiger partial charge >= 0.3 is 0 Å². The SMILES string of the molecule is CNCc1ccc(-c2[nH]c3c(Br)c(F)cc4c3c2CCCC4=O)cc1. The van der Waals surface area contributed by atoms with Gasteiger partial charge in [-0.15, -0.1) is 0 Å². The molecule has 1 aliphatic rings. The van der Waals surface area contributed by atoms with Crippen LogP contribution in [0.15, 0.2) is 34.8 Å². The molecule has 4 rings (SSSR count). The zero-order valence-electron chi connectivity index (χ0n) is 13.9. The van der Waals surface area contributed by atoms with E-state index in [9.17, 15) is 9.18 Å². The summed E-state index contributed by atoms with van der Waals surface area (Å²) >= 11 is 3.34. The van der Waals surface area contributed by atoms with E-state index in [0.717, 1.165) is 41.6 Å². The average molecular weight is 401 g/mol. The number of aryl methyl sites for hydroxylation is 1. The van der Waals surface area contributed by atoms with Gasteiger partial charge in [0.2, 0.25) is 0 Å². The normalized spacial score (nSPS) is 14.1. The van der Waals surface area contributed by atoms with Crippen molar-refractivity contribution in [3.63, 3.8) is 0 Å². The van der Waals surface area contributed by atoms with Crippen LogP contribution in [-0.4, -0.2) is 17.8 Å². The maximum absolute atomic E-state index is 14.3. The third-order valence-corrected chi connectivity index (χ3v) is 5.60. The van der Waals surface area contributed by atoms with Gasteiger partial charge in [0.1, 0.15) is 5.82 Å². The number of ketones is 1. The highest BCUT2D eigenvalue weighted by Gasteiger charge is 2.25. The number of rotatable bonds is 3. The number of halogens is 2. The van der Waals surface area contributed by atoms with Crippen molar-refractivity contribution in [2.45, 2.75) is 25.8 Å². The number of aromatic amines is 1. The fourth-order valence-corrected chi connectivity index (χ4v) is 4.06. The molecule has 0 unspecified atom stereocenters. The molecule has 0 bridgehead atoms. The molecule has 0 amide bonds. The lowest BCUT2D eigenvalue weighted by molar-refractivity contribution is 0.0982. The molecule has 0 radical (unpaired) electrons. The first kappa shape index (κ1) is 16.5. The van der Waals surface area contributed by atoms with Crippen molar-refractivity contribution in [3.8, 4) is 11.3 Å². The van der Waals surface area contributed by atoms with E-state index in [0.29, 0.717) is 22.0 Å². The molecule has 0 saturated carbocycles. The summed E-state index contributed by atoms with van der Waals surface area (Å²) in [5.41, 5.74) is 5.52. The summed E-state index contributed by atoms with van der Waals surface area (Å²) in [6.45, 7) is 0.815. The predicted octanol–water partition coefficient (Wildman–Crippen LogP) is 4.97. The number of aromatic nitrogens is 1. The summed E-state index contributed by atoms with van der Waals surface area (Å²) in [6.07, 6.45) is 2.06. The zero-order valence-corrected chi connectivity index (χ0v) is 15.5. The Labute approximate surface area is 153 Å². The smallest absolute Gasteiger partial charge is 0.163 e. The first-order valence-corrected chi connectivity index (χ1v) is 9.19. The number of H-pyrrole nitrogens is 1. The number of benzene rings is 2. The minimum Gasteiger partial charge on any atom is -0.353 e. The molecule has 5 heteroatoms. The van der Waals surface area contributed by atoms with Gasteiger partial charge in [0.15, 0.2) is 5.78 Å². The van der Waals surface area contributed by atoms with E-state index in [4.69, 9.17) is 0 Å². The van der Waals surface area contributed by atoms with Crippen LogP contribution in [0.3, 0.4) is 0 Å². The third-order valence-electron chi connectivity index (χ3n) is 4.83. The predicted molar refractivity (Wildman–Crippen MR) is 101 cm³/mol. The first-order chi connectivity index (χ1) is 12.1. The van der Waals surface area contributed by atoms with Crippen molar-refractivity contribution in [1.29, 1.82) is 0 Å². The second-order valence-corrected chi connectivity index (χ2v) is 7.25. The van der Waals surface area contributed by atoms with Crippen LogP contribution < -0.4 is 5.32 Å². The van der Waals surface area contributed by atoms with E-state index in [2.05, 4.69) is 50.5 Å². The molecule has 1 aliphatic carbocycles. The van der Waals surface area contributed by atoms with Crippen molar-refractivity contribution in [1.82, 2.24) is 10.3 Å². The molecular formula is C20H18BrFN2O. The third kappa shape index (κ3) is 2.71. The van der Waals surface area contributed by atoms with Crippen LogP contribution in [0.25, 0.3) is 22.2 Å². The quantitative estimate of drug-likeness (QED) is 0.651. The van der Waals surface area contributed by atoms with E-state index >= 15 is 0 Å². The average Bonchev–Trinajstić information content (AvgIpc) is 2.91. The monoisotopic (exact) mass is 400 g/mol. The van der Waals surface area contributed by atoms with Crippen LogP contribution in [0.5, 0.6) is 0 Å². The van der Waals surface area contributed by atoms with Gasteiger partial charge in [0.05, 0.1) is 9.99 Å². The topological polar surface area (TPSA) is 44.9 Å². The number of nitrogens with one attached hydrogen (secondary N) is 2. The second kappa shape index (κ2) is 6.39. The summed E-state index contributed by atoms with van der Waals surface area (Å²) < 4.78 is 14.7. The lowest BCUT2D eigenvalue weighted by Crippen LogP contribution is -2.04. The molecule has 0 atom stereocenters. The Morgan fingerprint density at radius 1 is 1.24 bits per heavy atom. The molecule has 2 N–H and O–H groups in total. The Kier molecular flexibility index (Phi) is 4.21. The molecule has 0 aliphatic heterocycles. The molecule has 0 saturated heterocycles. The van der Waals surface area contributed by atoms with Crippen molar-refractivity contribution in [2.75, 3.05) is 7.05 Å². The van der Waals surface area contributed by atoms with Gasteiger partial charge in [-0.25, -0.2) is 4.39 Å². The lowest BCUT2D eigenvalue weighted by atomic mass is 9.99. The number of Topliss-reactive ketones (excluding diaryl/α,β-unsaturated/α-hetero) is 1. The number of carbonyl (C=O) groups excluding carboxylic acids is 1. The number of hydrogen-bond donors (Lipinski definition) is 2. The Balaban J connectivity index is 1.96. The highest BCUT2D eigenvalue weighted by Crippen LogP contribution is 2.40. The van der Waals surface area contributed by atoms with Crippen molar-refractivity contribution >= 4 is 32.6 Å². The van der Waals surface area contributed by atoms with Gasteiger partial charge in [0.25, 0.3) is 0 Å². The van der Waals surface area contributed by atoms with Crippen LogP contribution in [0.4, 0.5) is 4.39 Å². The first-order valence-electron chi connectivity index (χ1n) is 8.40. The molecule has 25 heavy (non-hydrogen) atoms. The fourth-order valence-electron chi connectivity index (χ4n) is 3.65. The van der Waals surface area contributed by atoms with E-state index in [1.807, 2.05) is 7.05 Å². The molecule has 1 heterocycles. The Morgan fingerprint density at radius 3 is 2.72 bits per heavy atom. The maximum atomic E-state index is 14.3. The largest absolute Gasteiger partial charge is 0.353 e. The summed E-state index contributed by atoms with van der Waals surface area (Å²) in [5.74, 6) is -0.383. The van der Waals surface area contributed by atoms with Gasteiger partial charge in [0, 0.05) is 29.6 Å². The Hall–Kier alpha value is -1.98. The second-order valence-electron chi connectivity index (χ2n) is 6.45. The van der Waals surface area contributed by atoms with E-state index in [1.54, 1.807) is 0 Å². The highest BCUT2D eigenvalue weighted by atomic mass is 79.9. The van der Waals surface area contributed by atoms with Gasteiger partial charge < -0.3 is 10.3 Å². The summed E-state index contributed by atoms with van der Waals surface area (Å²) in [6, 6.07) is 9.69. The number of carbonyl (C=O) groups is 1. The minimum absolute atomic E-state index is 0.0186. The molecule has 0 spiro atoms. The van der Waals surface area contributed by atoms with Crippen molar-refractivity contribution in [3.05, 3.63) is 57.3 Å². The zero-order chi connectivity index (χ0) is 17.6. The van der Waals surface area contributed by atoms with Crippen molar-refractivity contribution < 1.29 is 9.18 Å². The van der Waals surface area contributed by atoms with E-state index in [1.165, 1.54) is 11.6 Å². The molecule has 1 aromatic heterocycles. The number of hydrogen-bond acceptors (Lipinski definition) is 2. The summed E-state index contributed by atoms with van der Waals surface area (Å²) in [5, 5.41) is 4.00. The fraction of sp³-hybridized carbons (Fsp3) is 0.250. The minimum atomic E-state index is -0.401. The standard InChI is InChI=1S/C20H18BrFN2O/c1-23-10-11-5-7-12(8-6-11)19-13-3-2-4-16(25)14-9-15(22)18(21)20(24-19)17(13)14/h5-9,23-24H,2-4,10H2,1H3. The molecule has 3 nitrogen and oxygen atoms in total. The highest BCUT2D eigenvalue weighted by molar-refractivity contribution is 9.10. The van der Waals surface area contributed by atoms with Crippen LogP contribution in [0.1, 0.15) is 34.3 Å². The van der Waals surface area contributed by atoms with Crippen LogP contribution in [0.2, 0.25) is 0 Å². The van der Waals surface area contributed by atoms with Crippen LogP contribution >= 0.6 is 15.9 Å². The van der Waals surface area contributed by atoms with Gasteiger partial charge in [-0.1, -0.05) is 24.3 Å². The molecule has 3 aromatic rings. The summed E-state index contributed by atoms with van der Waals surface area (Å²) in [4.78, 5) is 15.8. The van der Waals surface area contributed by atoms with Crippen molar-refractivity contribution in [2.24, 2.45) is 0 Å².